The number of para-hydroxylation sites is 1. The molecule has 0 bridgehead atoms. The van der Waals surface area contributed by atoms with E-state index in [1.165, 1.54) is 12.8 Å². The van der Waals surface area contributed by atoms with Crippen molar-refractivity contribution in [3.8, 4) is 5.75 Å². The Bertz CT molecular complexity index is 575. The molecule has 0 aliphatic heterocycles. The first-order chi connectivity index (χ1) is 9.92. The predicted molar refractivity (Wildman–Crippen MR) is 79.9 cm³/mol. The van der Waals surface area contributed by atoms with Crippen LogP contribution in [0.1, 0.15) is 25.7 Å². The molecule has 0 heterocycles. The first-order valence-corrected chi connectivity index (χ1v) is 7.14. The lowest BCUT2D eigenvalue weighted by Gasteiger charge is -2.14. The summed E-state index contributed by atoms with van der Waals surface area (Å²) in [7, 11) is 0. The molecule has 0 radical (unpaired) electrons. The summed E-state index contributed by atoms with van der Waals surface area (Å²) in [5.74, 6) is 0.832. The quantitative estimate of drug-likeness (QED) is 0.680. The third kappa shape index (κ3) is 3.23. The van der Waals surface area contributed by atoms with E-state index in [0.29, 0.717) is 6.10 Å². The maximum Gasteiger partial charge on any atom is 0.147 e. The fourth-order valence-electron chi connectivity index (χ4n) is 2.43. The maximum absolute atomic E-state index is 6.04. The molecule has 0 atom stereocenters. The van der Waals surface area contributed by atoms with Crippen LogP contribution in [0.5, 0.6) is 5.75 Å². The fraction of sp³-hybridized carbons (Fsp3) is 0.294. The number of ether oxygens (including phenoxy) is 1. The molecule has 0 N–H and O–H groups in total. The summed E-state index contributed by atoms with van der Waals surface area (Å²) in [6.45, 7) is 0. The van der Waals surface area contributed by atoms with Gasteiger partial charge in [-0.25, -0.2) is 0 Å². The zero-order valence-corrected chi connectivity index (χ0v) is 11.4. The largest absolute Gasteiger partial charge is 0.488 e. The summed E-state index contributed by atoms with van der Waals surface area (Å²) in [5, 5.41) is 8.58. The highest BCUT2D eigenvalue weighted by molar-refractivity contribution is 5.51. The standard InChI is InChI=1S/C17H18N2O/c1-2-8-14(9-3-1)18-19-16-12-6-7-13-17(16)20-15-10-4-5-11-15/h1-3,6-9,12-13,15H,4-5,10-11H2. The summed E-state index contributed by atoms with van der Waals surface area (Å²) in [5.41, 5.74) is 1.64. The summed E-state index contributed by atoms with van der Waals surface area (Å²) in [6, 6.07) is 17.6. The van der Waals surface area contributed by atoms with Gasteiger partial charge >= 0.3 is 0 Å². The Morgan fingerprint density at radius 2 is 1.50 bits per heavy atom. The Hall–Kier alpha value is -2.16. The van der Waals surface area contributed by atoms with E-state index < -0.39 is 0 Å². The summed E-state index contributed by atoms with van der Waals surface area (Å²) >= 11 is 0. The third-order valence-corrected chi connectivity index (χ3v) is 3.49. The Morgan fingerprint density at radius 3 is 2.30 bits per heavy atom. The van der Waals surface area contributed by atoms with E-state index >= 15 is 0 Å². The zero-order valence-electron chi connectivity index (χ0n) is 11.4. The van der Waals surface area contributed by atoms with Crippen LogP contribution in [0.2, 0.25) is 0 Å². The molecule has 3 rings (SSSR count). The van der Waals surface area contributed by atoms with E-state index in [2.05, 4.69) is 10.2 Å². The molecule has 0 amide bonds. The van der Waals surface area contributed by atoms with Gasteiger partial charge in [-0.15, -0.1) is 5.11 Å². The molecular formula is C17H18N2O. The Labute approximate surface area is 119 Å². The Kier molecular flexibility index (Phi) is 4.07. The molecule has 3 nitrogen and oxygen atoms in total. The summed E-state index contributed by atoms with van der Waals surface area (Å²) in [6.07, 6.45) is 5.15. The van der Waals surface area contributed by atoms with E-state index in [9.17, 15) is 0 Å². The number of benzene rings is 2. The monoisotopic (exact) mass is 266 g/mol. The van der Waals surface area contributed by atoms with Crippen LogP contribution in [0.4, 0.5) is 11.4 Å². The molecule has 1 aliphatic carbocycles. The first-order valence-electron chi connectivity index (χ1n) is 7.14. The average molecular weight is 266 g/mol. The molecule has 20 heavy (non-hydrogen) atoms. The highest BCUT2D eigenvalue weighted by atomic mass is 16.5. The van der Waals surface area contributed by atoms with Gasteiger partial charge in [-0.2, -0.15) is 5.11 Å². The first kappa shape index (κ1) is 12.9. The van der Waals surface area contributed by atoms with E-state index in [-0.39, 0.29) is 0 Å². The van der Waals surface area contributed by atoms with Gasteiger partial charge < -0.3 is 4.74 Å². The van der Waals surface area contributed by atoms with Crippen LogP contribution in [0.3, 0.4) is 0 Å². The number of azo groups is 1. The molecule has 1 saturated carbocycles. The molecule has 2 aromatic rings. The molecule has 3 heteroatoms. The lowest BCUT2D eigenvalue weighted by Crippen LogP contribution is -2.10. The van der Waals surface area contributed by atoms with Gasteiger partial charge in [0.25, 0.3) is 0 Å². The van der Waals surface area contributed by atoms with E-state index in [0.717, 1.165) is 30.0 Å². The third-order valence-electron chi connectivity index (χ3n) is 3.49. The maximum atomic E-state index is 6.04. The number of hydrogen-bond donors (Lipinski definition) is 0. The number of nitrogens with zero attached hydrogens (tertiary/aromatic N) is 2. The average Bonchev–Trinajstić information content (AvgIpc) is 3.00. The second kappa shape index (κ2) is 6.33. The van der Waals surface area contributed by atoms with Crippen molar-refractivity contribution in [3.63, 3.8) is 0 Å². The fourth-order valence-corrected chi connectivity index (χ4v) is 2.43. The van der Waals surface area contributed by atoms with Gasteiger partial charge in [0.1, 0.15) is 11.4 Å². The lowest BCUT2D eigenvalue weighted by atomic mass is 10.2. The van der Waals surface area contributed by atoms with Crippen molar-refractivity contribution in [1.29, 1.82) is 0 Å². The van der Waals surface area contributed by atoms with Crippen LogP contribution in [0, 0.1) is 0 Å². The number of rotatable bonds is 4. The number of hydrogen-bond acceptors (Lipinski definition) is 3. The van der Waals surface area contributed by atoms with E-state index in [4.69, 9.17) is 4.74 Å². The van der Waals surface area contributed by atoms with Gasteiger partial charge in [-0.3, -0.25) is 0 Å². The molecule has 102 valence electrons. The van der Waals surface area contributed by atoms with Gasteiger partial charge in [0.05, 0.1) is 11.8 Å². The smallest absolute Gasteiger partial charge is 0.147 e. The Morgan fingerprint density at radius 1 is 0.800 bits per heavy atom. The molecule has 0 aromatic heterocycles. The molecular weight excluding hydrogens is 248 g/mol. The van der Waals surface area contributed by atoms with Crippen LogP contribution in [0.15, 0.2) is 64.8 Å². The van der Waals surface area contributed by atoms with Crippen LogP contribution in [-0.4, -0.2) is 6.10 Å². The second-order valence-electron chi connectivity index (χ2n) is 5.03. The summed E-state index contributed by atoms with van der Waals surface area (Å²) in [4.78, 5) is 0. The van der Waals surface area contributed by atoms with Crippen LogP contribution < -0.4 is 4.74 Å². The van der Waals surface area contributed by atoms with Crippen molar-refractivity contribution >= 4 is 11.4 Å². The van der Waals surface area contributed by atoms with Crippen molar-refractivity contribution < 1.29 is 4.74 Å². The topological polar surface area (TPSA) is 34.0 Å². The zero-order chi connectivity index (χ0) is 13.6. The van der Waals surface area contributed by atoms with Gasteiger partial charge in [-0.1, -0.05) is 30.3 Å². The van der Waals surface area contributed by atoms with Crippen molar-refractivity contribution in [2.75, 3.05) is 0 Å². The molecule has 1 fully saturated rings. The van der Waals surface area contributed by atoms with Gasteiger partial charge in [0.15, 0.2) is 0 Å². The van der Waals surface area contributed by atoms with Crippen LogP contribution in [-0.2, 0) is 0 Å². The minimum absolute atomic E-state index is 0.336. The van der Waals surface area contributed by atoms with Crippen LogP contribution >= 0.6 is 0 Å². The van der Waals surface area contributed by atoms with Gasteiger partial charge in [0, 0.05) is 0 Å². The summed E-state index contributed by atoms with van der Waals surface area (Å²) < 4.78 is 6.04. The highest BCUT2D eigenvalue weighted by Gasteiger charge is 2.17. The van der Waals surface area contributed by atoms with Gasteiger partial charge in [0.2, 0.25) is 0 Å². The lowest BCUT2D eigenvalue weighted by molar-refractivity contribution is 0.211. The Balaban J connectivity index is 1.77. The molecule has 0 saturated heterocycles. The second-order valence-corrected chi connectivity index (χ2v) is 5.03. The normalized spacial score (nSPS) is 15.8. The van der Waals surface area contributed by atoms with Crippen molar-refractivity contribution in [1.82, 2.24) is 0 Å². The minimum Gasteiger partial charge on any atom is -0.488 e. The molecule has 0 unspecified atom stereocenters. The van der Waals surface area contributed by atoms with E-state index in [1.807, 2.05) is 54.6 Å². The highest BCUT2D eigenvalue weighted by Crippen LogP contribution is 2.32. The predicted octanol–water partition coefficient (Wildman–Crippen LogP) is 5.42. The van der Waals surface area contributed by atoms with Crippen molar-refractivity contribution in [2.45, 2.75) is 31.8 Å². The van der Waals surface area contributed by atoms with Crippen molar-refractivity contribution in [3.05, 3.63) is 54.6 Å². The van der Waals surface area contributed by atoms with Crippen molar-refractivity contribution in [2.24, 2.45) is 10.2 Å². The molecule has 0 spiro atoms. The van der Waals surface area contributed by atoms with Gasteiger partial charge in [-0.05, 0) is 49.9 Å². The molecule has 2 aromatic carbocycles. The van der Waals surface area contributed by atoms with Crippen LogP contribution in [0.25, 0.3) is 0 Å². The molecule has 1 aliphatic rings. The van der Waals surface area contributed by atoms with E-state index in [1.54, 1.807) is 0 Å². The SMILES string of the molecule is c1ccc(N=Nc2ccccc2OC2CCCC2)cc1. The minimum atomic E-state index is 0.336.